The minimum atomic E-state index is -1.75. The number of hydrogen-bond donors (Lipinski definition) is 14. The van der Waals surface area contributed by atoms with Crippen LogP contribution in [0.5, 0.6) is 0 Å². The van der Waals surface area contributed by atoms with Gasteiger partial charge in [-0.1, -0.05) is 13.8 Å². The predicted octanol–water partition coefficient (Wildman–Crippen LogP) is -7.72. The van der Waals surface area contributed by atoms with E-state index in [1.54, 1.807) is 13.8 Å². The van der Waals surface area contributed by atoms with Gasteiger partial charge in [0, 0.05) is 13.0 Å². The van der Waals surface area contributed by atoms with Crippen molar-refractivity contribution in [3.63, 3.8) is 0 Å². The summed E-state index contributed by atoms with van der Waals surface area (Å²) in [4.78, 5) is 103. The standard InChI is InChI=1S/C28H51N11O12/c1-12(2)20(39-21(44)13(3)34-22(45)14(29)6-7-19(30)43)26(49)35-15(5-4-8-33-28(31)32)23(46)36-16(9-40)24(47)37-17(10-41)25(48)38-18(11-42)27(50)51/h12-18,20,40-42H,4-11,29H2,1-3H3,(H2,30,43)(H,34,45)(H,35,49)(H,36,46)(H,37,47)(H,38,48)(H,39,44)(H,50,51)(H4,31,32,33). The molecule has 0 heterocycles. The highest BCUT2D eigenvalue weighted by Gasteiger charge is 2.33. The molecule has 23 nitrogen and oxygen atoms in total. The molecule has 18 N–H and O–H groups in total. The number of carboxylic acids is 1. The fourth-order valence-corrected chi connectivity index (χ4v) is 4.05. The van der Waals surface area contributed by atoms with E-state index < -0.39 is 115 Å². The van der Waals surface area contributed by atoms with E-state index >= 15 is 0 Å². The number of guanidine groups is 1. The SMILES string of the molecule is CC(NC(=O)C(N)CCC(N)=O)C(=O)NC(C(=O)NC(CCCN=C(N)N)C(=O)NC(CO)C(=O)NC(CO)C(=O)NC(CO)C(=O)O)C(C)C. The number of nitrogens with zero attached hydrogens (tertiary/aromatic N) is 1. The molecule has 290 valence electrons. The zero-order chi connectivity index (χ0) is 39.4. The zero-order valence-corrected chi connectivity index (χ0v) is 28.6. The Morgan fingerprint density at radius 2 is 1.08 bits per heavy atom. The Hall–Kier alpha value is -5.13. The van der Waals surface area contributed by atoms with Crippen molar-refractivity contribution >= 4 is 53.3 Å². The molecule has 0 spiro atoms. The molecule has 0 saturated carbocycles. The fourth-order valence-electron chi connectivity index (χ4n) is 4.05. The monoisotopic (exact) mass is 733 g/mol. The Morgan fingerprint density at radius 3 is 1.51 bits per heavy atom. The predicted molar refractivity (Wildman–Crippen MR) is 177 cm³/mol. The minimum Gasteiger partial charge on any atom is -0.480 e. The first-order valence-electron chi connectivity index (χ1n) is 15.8. The molecule has 0 aliphatic heterocycles. The first-order chi connectivity index (χ1) is 23.8. The molecular weight excluding hydrogens is 682 g/mol. The number of nitrogens with two attached hydrogens (primary N) is 4. The maximum Gasteiger partial charge on any atom is 0.328 e. The van der Waals surface area contributed by atoms with Gasteiger partial charge >= 0.3 is 5.97 Å². The van der Waals surface area contributed by atoms with Gasteiger partial charge in [0.15, 0.2) is 5.96 Å². The molecule has 0 fully saturated rings. The van der Waals surface area contributed by atoms with Crippen LogP contribution >= 0.6 is 0 Å². The number of carbonyl (C=O) groups excluding carboxylic acids is 7. The zero-order valence-electron chi connectivity index (χ0n) is 28.6. The molecule has 0 bridgehead atoms. The van der Waals surface area contributed by atoms with Crippen molar-refractivity contribution in [3.05, 3.63) is 0 Å². The average Bonchev–Trinajstić information content (AvgIpc) is 3.06. The lowest BCUT2D eigenvalue weighted by Crippen LogP contribution is -2.61. The van der Waals surface area contributed by atoms with E-state index in [2.05, 4.69) is 26.3 Å². The molecule has 0 aromatic heterocycles. The molecule has 0 saturated heterocycles. The number of primary amides is 1. The quantitative estimate of drug-likeness (QED) is 0.0249. The molecule has 0 aromatic carbocycles. The van der Waals surface area contributed by atoms with Crippen molar-refractivity contribution in [2.45, 2.75) is 88.7 Å². The Bertz CT molecular complexity index is 1260. The van der Waals surface area contributed by atoms with Gasteiger partial charge in [0.25, 0.3) is 0 Å². The Balaban J connectivity index is 5.85. The number of aliphatic carboxylic acids is 1. The number of aliphatic imine (C=N–C) groups is 1. The van der Waals surface area contributed by atoms with Gasteiger partial charge in [-0.3, -0.25) is 38.6 Å². The second kappa shape index (κ2) is 23.3. The van der Waals surface area contributed by atoms with E-state index in [0.717, 1.165) is 0 Å². The minimum absolute atomic E-state index is 0.0213. The third kappa shape index (κ3) is 17.4. The summed E-state index contributed by atoms with van der Waals surface area (Å²) in [6, 6.07) is -10.2. The molecule has 23 heteroatoms. The first kappa shape index (κ1) is 45.9. The van der Waals surface area contributed by atoms with Crippen LogP contribution in [0.1, 0.15) is 46.5 Å². The highest BCUT2D eigenvalue weighted by atomic mass is 16.4. The Kier molecular flexibility index (Phi) is 21.0. The summed E-state index contributed by atoms with van der Waals surface area (Å²) >= 11 is 0. The van der Waals surface area contributed by atoms with E-state index in [1.165, 1.54) is 6.92 Å². The molecule has 51 heavy (non-hydrogen) atoms. The smallest absolute Gasteiger partial charge is 0.328 e. The Labute approximate surface area is 293 Å². The van der Waals surface area contributed by atoms with Crippen LogP contribution < -0.4 is 54.8 Å². The number of aliphatic hydroxyl groups is 3. The van der Waals surface area contributed by atoms with Gasteiger partial charge < -0.3 is 75.3 Å². The van der Waals surface area contributed by atoms with Crippen molar-refractivity contribution in [2.75, 3.05) is 26.4 Å². The lowest BCUT2D eigenvalue weighted by molar-refractivity contribution is -0.143. The van der Waals surface area contributed by atoms with Crippen molar-refractivity contribution < 1.29 is 58.8 Å². The second-order valence-electron chi connectivity index (χ2n) is 11.7. The largest absolute Gasteiger partial charge is 0.480 e. The van der Waals surface area contributed by atoms with Crippen LogP contribution in [0.4, 0.5) is 0 Å². The lowest BCUT2D eigenvalue weighted by Gasteiger charge is -2.27. The number of aliphatic hydroxyl groups excluding tert-OH is 3. The van der Waals surface area contributed by atoms with E-state index in [4.69, 9.17) is 33.1 Å². The van der Waals surface area contributed by atoms with Crippen LogP contribution in [0, 0.1) is 5.92 Å². The van der Waals surface area contributed by atoms with Crippen LogP contribution in [0.25, 0.3) is 0 Å². The first-order valence-corrected chi connectivity index (χ1v) is 15.8. The molecule has 0 radical (unpaired) electrons. The molecule has 0 aliphatic rings. The van der Waals surface area contributed by atoms with Crippen molar-refractivity contribution in [2.24, 2.45) is 33.8 Å². The third-order valence-electron chi connectivity index (χ3n) is 7.04. The van der Waals surface area contributed by atoms with Gasteiger partial charge in [-0.25, -0.2) is 4.79 Å². The van der Waals surface area contributed by atoms with Gasteiger partial charge in [0.2, 0.25) is 41.4 Å². The maximum atomic E-state index is 13.4. The highest BCUT2D eigenvalue weighted by molar-refractivity contribution is 5.97. The maximum absolute atomic E-state index is 13.4. The summed E-state index contributed by atoms with van der Waals surface area (Å²) in [7, 11) is 0. The van der Waals surface area contributed by atoms with Crippen molar-refractivity contribution in [1.29, 1.82) is 0 Å². The second-order valence-corrected chi connectivity index (χ2v) is 11.7. The molecule has 7 amide bonds. The normalized spacial score (nSPS) is 15.0. The molecule has 7 unspecified atom stereocenters. The number of amides is 7. The van der Waals surface area contributed by atoms with Gasteiger partial charge in [-0.05, 0) is 32.1 Å². The molecule has 0 aromatic rings. The molecule has 0 aliphatic carbocycles. The van der Waals surface area contributed by atoms with Crippen molar-refractivity contribution in [3.8, 4) is 0 Å². The topological polar surface area (TPSA) is 406 Å². The highest BCUT2D eigenvalue weighted by Crippen LogP contribution is 2.07. The van der Waals surface area contributed by atoms with Crippen LogP contribution in [0.2, 0.25) is 0 Å². The van der Waals surface area contributed by atoms with Crippen LogP contribution in [-0.4, -0.2) is 142 Å². The summed E-state index contributed by atoms with van der Waals surface area (Å²) in [5.74, 6) is -8.84. The van der Waals surface area contributed by atoms with Crippen LogP contribution in [0.3, 0.4) is 0 Å². The molecular formula is C28H51N11O12. The lowest BCUT2D eigenvalue weighted by atomic mass is 10.0. The summed E-state index contributed by atoms with van der Waals surface area (Å²) in [6.45, 7) is 1.46. The molecule has 7 atom stereocenters. The van der Waals surface area contributed by atoms with Crippen molar-refractivity contribution in [1.82, 2.24) is 31.9 Å². The van der Waals surface area contributed by atoms with Crippen LogP contribution in [0.15, 0.2) is 4.99 Å². The van der Waals surface area contributed by atoms with E-state index in [1.807, 2.05) is 10.6 Å². The number of hydrogen-bond acceptors (Lipinski definition) is 13. The fraction of sp³-hybridized carbons (Fsp3) is 0.679. The van der Waals surface area contributed by atoms with E-state index in [-0.39, 0.29) is 38.2 Å². The number of nitrogens with one attached hydrogen (secondary N) is 6. The third-order valence-corrected chi connectivity index (χ3v) is 7.04. The summed E-state index contributed by atoms with van der Waals surface area (Å²) < 4.78 is 0. The van der Waals surface area contributed by atoms with E-state index in [9.17, 15) is 48.6 Å². The summed E-state index contributed by atoms with van der Waals surface area (Å²) in [6.07, 6.45) is -0.225. The number of rotatable bonds is 24. The summed E-state index contributed by atoms with van der Waals surface area (Å²) in [5.41, 5.74) is 21.5. The Morgan fingerprint density at radius 1 is 0.608 bits per heavy atom. The van der Waals surface area contributed by atoms with Gasteiger partial charge in [-0.15, -0.1) is 0 Å². The van der Waals surface area contributed by atoms with Gasteiger partial charge in [0.05, 0.1) is 25.9 Å². The van der Waals surface area contributed by atoms with Gasteiger partial charge in [0.1, 0.15) is 36.3 Å². The average molecular weight is 734 g/mol. The van der Waals surface area contributed by atoms with Gasteiger partial charge in [-0.2, -0.15) is 0 Å². The number of carbonyl (C=O) groups is 8. The molecule has 0 rings (SSSR count). The number of carboxylic acid groups (broad SMARTS) is 1. The summed E-state index contributed by atoms with van der Waals surface area (Å²) in [5, 5.41) is 51.0. The van der Waals surface area contributed by atoms with Crippen LogP contribution in [-0.2, 0) is 38.4 Å². The van der Waals surface area contributed by atoms with E-state index in [0.29, 0.717) is 0 Å².